The molecule has 1 N–H and O–H groups in total. The number of benzene rings is 2. The second-order valence-electron chi connectivity index (χ2n) is 7.25. The molecular weight excluding hydrogens is 417 g/mol. The fraction of sp³-hybridized carbons (Fsp3) is 0.333. The first-order valence-electron chi connectivity index (χ1n) is 10.2. The molecule has 0 spiro atoms. The quantitative estimate of drug-likeness (QED) is 0.242. The zero-order valence-electron chi connectivity index (χ0n) is 17.6. The van der Waals surface area contributed by atoms with Crippen LogP contribution in [0.4, 0.5) is 4.39 Å². The van der Waals surface area contributed by atoms with Gasteiger partial charge in [0.1, 0.15) is 17.3 Å². The SMILES string of the molecule is CCONC=CCC1C(=O)CC(c2cccc(Oc3ccc(SC)cc3F)c2)CC1=O. The van der Waals surface area contributed by atoms with E-state index in [1.807, 2.05) is 19.2 Å². The molecule has 0 aromatic heterocycles. The van der Waals surface area contributed by atoms with Crippen LogP contribution in [0.25, 0.3) is 0 Å². The van der Waals surface area contributed by atoms with Crippen LogP contribution >= 0.6 is 11.8 Å². The number of hydrogen-bond acceptors (Lipinski definition) is 6. The van der Waals surface area contributed by atoms with Crippen LogP contribution in [0.1, 0.15) is 37.7 Å². The molecular formula is C24H26FNO4S. The maximum atomic E-state index is 14.2. The molecule has 0 amide bonds. The predicted octanol–water partition coefficient (Wildman–Crippen LogP) is 5.42. The van der Waals surface area contributed by atoms with Gasteiger partial charge in [-0.15, -0.1) is 11.8 Å². The van der Waals surface area contributed by atoms with Gasteiger partial charge in [0.25, 0.3) is 0 Å². The number of hydroxylamine groups is 1. The van der Waals surface area contributed by atoms with Gasteiger partial charge >= 0.3 is 0 Å². The number of nitrogens with one attached hydrogen (secondary N) is 1. The van der Waals surface area contributed by atoms with Crippen LogP contribution in [0.5, 0.6) is 11.5 Å². The Hall–Kier alpha value is -2.64. The van der Waals surface area contributed by atoms with E-state index in [1.54, 1.807) is 42.6 Å². The van der Waals surface area contributed by atoms with Gasteiger partial charge in [0, 0.05) is 23.9 Å². The molecule has 2 aromatic carbocycles. The zero-order chi connectivity index (χ0) is 22.2. The number of ketones is 2. The van der Waals surface area contributed by atoms with Crippen molar-refractivity contribution in [1.29, 1.82) is 0 Å². The first-order valence-corrected chi connectivity index (χ1v) is 11.4. The van der Waals surface area contributed by atoms with Crippen molar-refractivity contribution in [3.05, 3.63) is 66.1 Å². The lowest BCUT2D eigenvalue weighted by Gasteiger charge is -2.26. The zero-order valence-corrected chi connectivity index (χ0v) is 18.4. The fourth-order valence-electron chi connectivity index (χ4n) is 3.55. The number of ether oxygens (including phenoxy) is 1. The molecule has 0 atom stereocenters. The van der Waals surface area contributed by atoms with Crippen molar-refractivity contribution in [2.24, 2.45) is 5.92 Å². The lowest BCUT2D eigenvalue weighted by Crippen LogP contribution is -2.32. The lowest BCUT2D eigenvalue weighted by molar-refractivity contribution is -0.136. The van der Waals surface area contributed by atoms with E-state index in [2.05, 4.69) is 5.48 Å². The lowest BCUT2D eigenvalue weighted by atomic mass is 9.76. The van der Waals surface area contributed by atoms with Gasteiger partial charge in [0.05, 0.1) is 12.5 Å². The van der Waals surface area contributed by atoms with Crippen LogP contribution < -0.4 is 10.2 Å². The Morgan fingerprint density at radius 2 is 1.94 bits per heavy atom. The molecule has 31 heavy (non-hydrogen) atoms. The smallest absolute Gasteiger partial charge is 0.166 e. The Bertz CT molecular complexity index is 944. The number of halogens is 1. The first kappa shape index (κ1) is 23.0. The number of carbonyl (C=O) groups excluding carboxylic acids is 2. The van der Waals surface area contributed by atoms with Crippen molar-refractivity contribution >= 4 is 23.3 Å². The number of carbonyl (C=O) groups is 2. The van der Waals surface area contributed by atoms with Gasteiger partial charge < -0.3 is 4.74 Å². The number of thioether (sulfide) groups is 1. The second-order valence-corrected chi connectivity index (χ2v) is 8.13. The minimum Gasteiger partial charge on any atom is -0.454 e. The molecule has 0 heterocycles. The molecule has 0 unspecified atom stereocenters. The number of hydrogen-bond donors (Lipinski definition) is 1. The van der Waals surface area contributed by atoms with Crippen molar-refractivity contribution < 1.29 is 23.6 Å². The van der Waals surface area contributed by atoms with Gasteiger partial charge in [-0.05, 0) is 61.4 Å². The van der Waals surface area contributed by atoms with Gasteiger partial charge in [-0.3, -0.25) is 19.9 Å². The summed E-state index contributed by atoms with van der Waals surface area (Å²) in [5.74, 6) is -0.762. The van der Waals surface area contributed by atoms with Crippen LogP contribution in [-0.4, -0.2) is 24.4 Å². The Kier molecular flexibility index (Phi) is 8.26. The molecule has 0 bridgehead atoms. The monoisotopic (exact) mass is 443 g/mol. The molecule has 0 aliphatic heterocycles. The Morgan fingerprint density at radius 3 is 2.61 bits per heavy atom. The van der Waals surface area contributed by atoms with E-state index in [4.69, 9.17) is 9.57 Å². The molecule has 1 aliphatic carbocycles. The topological polar surface area (TPSA) is 64.6 Å². The third-order valence-corrected chi connectivity index (χ3v) is 5.88. The van der Waals surface area contributed by atoms with E-state index < -0.39 is 11.7 Å². The molecule has 3 rings (SSSR count). The standard InChI is InChI=1S/C24H26FNO4S/c1-3-29-26-11-5-8-20-22(27)13-17(14-23(20)28)16-6-4-7-18(12-16)30-24-10-9-19(31-2)15-21(24)25/h4-7,9-12,15,17,20,26H,3,8,13-14H2,1-2H3. The molecule has 1 saturated carbocycles. The van der Waals surface area contributed by atoms with Crippen molar-refractivity contribution in [3.63, 3.8) is 0 Å². The third kappa shape index (κ3) is 6.18. The predicted molar refractivity (Wildman–Crippen MR) is 119 cm³/mol. The van der Waals surface area contributed by atoms with Gasteiger partial charge in [0.15, 0.2) is 11.6 Å². The van der Waals surface area contributed by atoms with Gasteiger partial charge in [-0.25, -0.2) is 4.39 Å². The van der Waals surface area contributed by atoms with Gasteiger partial charge in [-0.2, -0.15) is 0 Å². The van der Waals surface area contributed by atoms with Crippen LogP contribution in [0, 0.1) is 11.7 Å². The fourth-order valence-corrected chi connectivity index (χ4v) is 3.98. The normalized spacial score (nSPS) is 19.1. The van der Waals surface area contributed by atoms with Crippen molar-refractivity contribution in [1.82, 2.24) is 5.48 Å². The summed E-state index contributed by atoms with van der Waals surface area (Å²) in [5.41, 5.74) is 3.47. The van der Waals surface area contributed by atoms with E-state index >= 15 is 0 Å². The minimum atomic E-state index is -0.612. The van der Waals surface area contributed by atoms with E-state index in [9.17, 15) is 14.0 Å². The molecule has 1 fully saturated rings. The van der Waals surface area contributed by atoms with E-state index in [1.165, 1.54) is 17.8 Å². The number of rotatable bonds is 9. The maximum absolute atomic E-state index is 14.2. The Labute approximate surface area is 186 Å². The third-order valence-electron chi connectivity index (χ3n) is 5.15. The van der Waals surface area contributed by atoms with E-state index in [0.29, 0.717) is 31.6 Å². The molecule has 0 radical (unpaired) electrons. The summed E-state index contributed by atoms with van der Waals surface area (Å²) in [6, 6.07) is 12.0. The van der Waals surface area contributed by atoms with E-state index in [-0.39, 0.29) is 23.2 Å². The summed E-state index contributed by atoms with van der Waals surface area (Å²) in [5, 5.41) is 0. The van der Waals surface area contributed by atoms with E-state index in [0.717, 1.165) is 10.5 Å². The summed E-state index contributed by atoms with van der Waals surface area (Å²) in [6.45, 7) is 2.37. The number of allylic oxidation sites excluding steroid dienone is 1. The molecule has 7 heteroatoms. The first-order chi connectivity index (χ1) is 15.0. The molecule has 5 nitrogen and oxygen atoms in total. The highest BCUT2D eigenvalue weighted by molar-refractivity contribution is 7.98. The van der Waals surface area contributed by atoms with Crippen LogP contribution in [0.15, 0.2) is 59.6 Å². The summed E-state index contributed by atoms with van der Waals surface area (Å²) in [4.78, 5) is 31.0. The molecule has 2 aromatic rings. The molecule has 164 valence electrons. The van der Waals surface area contributed by atoms with Crippen molar-refractivity contribution in [2.75, 3.05) is 12.9 Å². The summed E-state index contributed by atoms with van der Waals surface area (Å²) in [7, 11) is 0. The van der Waals surface area contributed by atoms with Gasteiger partial charge in [-0.1, -0.05) is 18.2 Å². The minimum absolute atomic E-state index is 0.0627. The Balaban J connectivity index is 1.66. The highest BCUT2D eigenvalue weighted by atomic mass is 32.2. The van der Waals surface area contributed by atoms with Crippen LogP contribution in [0.3, 0.4) is 0 Å². The summed E-state index contributed by atoms with van der Waals surface area (Å²) < 4.78 is 20.0. The average molecular weight is 444 g/mol. The molecule has 0 saturated heterocycles. The second kappa shape index (κ2) is 11.1. The van der Waals surface area contributed by atoms with Gasteiger partial charge in [0.2, 0.25) is 0 Å². The summed E-state index contributed by atoms with van der Waals surface area (Å²) in [6.07, 6.45) is 6.17. The largest absolute Gasteiger partial charge is 0.454 e. The van der Waals surface area contributed by atoms with Crippen LogP contribution in [-0.2, 0) is 14.4 Å². The highest BCUT2D eigenvalue weighted by Crippen LogP contribution is 2.35. The van der Waals surface area contributed by atoms with Crippen molar-refractivity contribution in [2.45, 2.75) is 37.0 Å². The average Bonchev–Trinajstić information content (AvgIpc) is 2.76. The summed E-state index contributed by atoms with van der Waals surface area (Å²) >= 11 is 1.45. The van der Waals surface area contributed by atoms with Crippen molar-refractivity contribution in [3.8, 4) is 11.5 Å². The highest BCUT2D eigenvalue weighted by Gasteiger charge is 2.35. The Morgan fingerprint density at radius 1 is 1.16 bits per heavy atom. The maximum Gasteiger partial charge on any atom is 0.166 e. The van der Waals surface area contributed by atoms with Crippen LogP contribution in [0.2, 0.25) is 0 Å². The number of Topliss-reactive ketones (excluding diaryl/α,β-unsaturated/α-hetero) is 2. The molecule has 1 aliphatic rings.